The zero-order chi connectivity index (χ0) is 18.5. The summed E-state index contributed by atoms with van der Waals surface area (Å²) in [4.78, 5) is 24.2. The van der Waals surface area contributed by atoms with Crippen LogP contribution in [0.1, 0.15) is 20.7 Å². The van der Waals surface area contributed by atoms with E-state index in [-0.39, 0.29) is 34.1 Å². The van der Waals surface area contributed by atoms with E-state index in [4.69, 9.17) is 9.47 Å². The van der Waals surface area contributed by atoms with Crippen LogP contribution in [0.4, 0.5) is 0 Å². The summed E-state index contributed by atoms with van der Waals surface area (Å²) in [5.41, 5.74) is 0.545. The van der Waals surface area contributed by atoms with E-state index in [1.54, 1.807) is 18.2 Å². The minimum atomic E-state index is -0.605. The number of esters is 2. The van der Waals surface area contributed by atoms with Gasteiger partial charge in [0.05, 0.1) is 11.1 Å². The van der Waals surface area contributed by atoms with Gasteiger partial charge in [-0.25, -0.2) is 9.59 Å². The summed E-state index contributed by atoms with van der Waals surface area (Å²) < 4.78 is 10.5. The maximum absolute atomic E-state index is 12.1. The number of ether oxygens (including phenoxy) is 2. The van der Waals surface area contributed by atoms with Gasteiger partial charge in [-0.05, 0) is 60.7 Å². The first-order valence-electron chi connectivity index (χ1n) is 7.64. The maximum Gasteiger partial charge on any atom is 0.343 e. The molecule has 130 valence electrons. The second-order valence-electron chi connectivity index (χ2n) is 5.35. The van der Waals surface area contributed by atoms with Crippen molar-refractivity contribution in [3.63, 3.8) is 0 Å². The molecule has 0 amide bonds. The topological polar surface area (TPSA) is 93.1 Å². The van der Waals surface area contributed by atoms with E-state index in [2.05, 4.69) is 0 Å². The van der Waals surface area contributed by atoms with E-state index in [1.165, 1.54) is 54.6 Å². The molecule has 3 rings (SSSR count). The molecule has 26 heavy (non-hydrogen) atoms. The molecule has 0 heterocycles. The van der Waals surface area contributed by atoms with E-state index in [0.29, 0.717) is 0 Å². The van der Waals surface area contributed by atoms with Gasteiger partial charge in [-0.15, -0.1) is 0 Å². The normalized spacial score (nSPS) is 10.2. The first-order valence-corrected chi connectivity index (χ1v) is 7.64. The Labute approximate surface area is 148 Å². The third-order valence-corrected chi connectivity index (χ3v) is 3.43. The molecule has 0 radical (unpaired) electrons. The lowest BCUT2D eigenvalue weighted by molar-refractivity contribution is 0.0733. The summed E-state index contributed by atoms with van der Waals surface area (Å²) in [6.45, 7) is 0. The summed E-state index contributed by atoms with van der Waals surface area (Å²) in [6.07, 6.45) is 0. The fourth-order valence-electron chi connectivity index (χ4n) is 2.13. The molecule has 0 aromatic heterocycles. The summed E-state index contributed by atoms with van der Waals surface area (Å²) in [5, 5.41) is 18.5. The summed E-state index contributed by atoms with van der Waals surface area (Å²) in [6, 6.07) is 17.4. The van der Waals surface area contributed by atoms with Crippen molar-refractivity contribution in [3.05, 3.63) is 83.9 Å². The highest BCUT2D eigenvalue weighted by atomic mass is 16.5. The minimum Gasteiger partial charge on any atom is -0.508 e. The first kappa shape index (κ1) is 17.0. The monoisotopic (exact) mass is 350 g/mol. The number of aromatic hydroxyl groups is 2. The van der Waals surface area contributed by atoms with Gasteiger partial charge in [-0.2, -0.15) is 0 Å². The van der Waals surface area contributed by atoms with Gasteiger partial charge < -0.3 is 19.7 Å². The zero-order valence-electron chi connectivity index (χ0n) is 13.5. The van der Waals surface area contributed by atoms with Gasteiger partial charge in [0.15, 0.2) is 0 Å². The van der Waals surface area contributed by atoms with Crippen LogP contribution in [0.15, 0.2) is 72.8 Å². The maximum atomic E-state index is 12.1. The molecule has 0 aliphatic heterocycles. The van der Waals surface area contributed by atoms with Crippen molar-refractivity contribution in [2.75, 3.05) is 0 Å². The van der Waals surface area contributed by atoms with Gasteiger partial charge in [0.2, 0.25) is 0 Å². The van der Waals surface area contributed by atoms with E-state index in [0.717, 1.165) is 0 Å². The van der Waals surface area contributed by atoms with Crippen LogP contribution in [-0.4, -0.2) is 22.2 Å². The van der Waals surface area contributed by atoms with Crippen molar-refractivity contribution in [3.8, 4) is 23.0 Å². The molecular formula is C20H14O6. The molecule has 0 fully saturated rings. The summed E-state index contributed by atoms with van der Waals surface area (Å²) in [5.74, 6) is -0.702. The number of hydrogen-bond acceptors (Lipinski definition) is 6. The quantitative estimate of drug-likeness (QED) is 0.552. The Bertz CT molecular complexity index is 855. The smallest absolute Gasteiger partial charge is 0.343 e. The molecule has 0 atom stereocenters. The second kappa shape index (κ2) is 7.40. The average Bonchev–Trinajstić information content (AvgIpc) is 2.63. The van der Waals surface area contributed by atoms with Crippen LogP contribution in [0.2, 0.25) is 0 Å². The lowest BCUT2D eigenvalue weighted by Crippen LogP contribution is -2.10. The lowest BCUT2D eigenvalue weighted by atomic mass is 10.2. The number of hydrogen-bond donors (Lipinski definition) is 2. The van der Waals surface area contributed by atoms with Gasteiger partial charge in [0, 0.05) is 6.07 Å². The number of carbonyl (C=O) groups excluding carboxylic acids is 2. The van der Waals surface area contributed by atoms with Crippen molar-refractivity contribution in [2.45, 2.75) is 0 Å². The molecule has 0 aliphatic rings. The van der Waals surface area contributed by atoms with Crippen molar-refractivity contribution < 1.29 is 29.3 Å². The van der Waals surface area contributed by atoms with Gasteiger partial charge in [-0.1, -0.05) is 6.07 Å². The van der Waals surface area contributed by atoms with Gasteiger partial charge >= 0.3 is 11.9 Å². The Kier molecular flexibility index (Phi) is 4.85. The van der Waals surface area contributed by atoms with Crippen molar-refractivity contribution >= 4 is 11.9 Å². The highest BCUT2D eigenvalue weighted by Gasteiger charge is 2.12. The van der Waals surface area contributed by atoms with Crippen LogP contribution in [-0.2, 0) is 0 Å². The molecule has 0 saturated carbocycles. The fraction of sp³-hybridized carbons (Fsp3) is 0. The van der Waals surface area contributed by atoms with E-state index >= 15 is 0 Å². The minimum absolute atomic E-state index is 0.0460. The Balaban J connectivity index is 1.69. The molecule has 0 bridgehead atoms. The predicted molar refractivity (Wildman–Crippen MR) is 92.6 cm³/mol. The first-order chi connectivity index (χ1) is 12.5. The summed E-state index contributed by atoms with van der Waals surface area (Å²) in [7, 11) is 0. The molecule has 0 saturated heterocycles. The number of carbonyl (C=O) groups is 2. The molecule has 3 aromatic rings. The highest BCUT2D eigenvalue weighted by Crippen LogP contribution is 2.22. The lowest BCUT2D eigenvalue weighted by Gasteiger charge is -2.08. The van der Waals surface area contributed by atoms with Crippen LogP contribution >= 0.6 is 0 Å². The van der Waals surface area contributed by atoms with Crippen molar-refractivity contribution in [2.24, 2.45) is 0 Å². The molecule has 0 aliphatic carbocycles. The van der Waals surface area contributed by atoms with Crippen LogP contribution in [0.5, 0.6) is 23.0 Å². The Morgan fingerprint density at radius 2 is 1.00 bits per heavy atom. The Morgan fingerprint density at radius 1 is 0.615 bits per heavy atom. The fourth-order valence-corrected chi connectivity index (χ4v) is 2.13. The average molecular weight is 350 g/mol. The summed E-state index contributed by atoms with van der Waals surface area (Å²) >= 11 is 0. The Hall–Kier alpha value is -3.80. The molecule has 0 unspecified atom stereocenters. The molecule has 3 aromatic carbocycles. The standard InChI is InChI=1S/C20H14O6/c21-15-8-4-13(5-9-15)19(23)25-17-2-1-3-18(12-17)26-20(24)14-6-10-16(22)11-7-14/h1-12,21-22H. The molecular weight excluding hydrogens is 336 g/mol. The molecule has 2 N–H and O–H groups in total. The van der Waals surface area contributed by atoms with E-state index in [9.17, 15) is 19.8 Å². The molecule has 0 spiro atoms. The third-order valence-electron chi connectivity index (χ3n) is 3.43. The highest BCUT2D eigenvalue weighted by molar-refractivity contribution is 5.92. The van der Waals surface area contributed by atoms with Crippen LogP contribution in [0, 0.1) is 0 Å². The Morgan fingerprint density at radius 3 is 1.38 bits per heavy atom. The third kappa shape index (κ3) is 4.18. The van der Waals surface area contributed by atoms with Crippen molar-refractivity contribution in [1.29, 1.82) is 0 Å². The van der Waals surface area contributed by atoms with E-state index < -0.39 is 11.9 Å². The largest absolute Gasteiger partial charge is 0.508 e. The van der Waals surface area contributed by atoms with Crippen LogP contribution in [0.25, 0.3) is 0 Å². The van der Waals surface area contributed by atoms with Gasteiger partial charge in [0.1, 0.15) is 23.0 Å². The molecule has 6 heteroatoms. The van der Waals surface area contributed by atoms with Crippen LogP contribution < -0.4 is 9.47 Å². The number of benzene rings is 3. The number of phenols is 2. The second-order valence-corrected chi connectivity index (χ2v) is 5.35. The zero-order valence-corrected chi connectivity index (χ0v) is 13.5. The van der Waals surface area contributed by atoms with Crippen LogP contribution in [0.3, 0.4) is 0 Å². The van der Waals surface area contributed by atoms with Crippen molar-refractivity contribution in [1.82, 2.24) is 0 Å². The SMILES string of the molecule is O=C(Oc1cccc(OC(=O)c2ccc(O)cc2)c1)c1ccc(O)cc1. The van der Waals surface area contributed by atoms with Gasteiger partial charge in [-0.3, -0.25) is 0 Å². The van der Waals surface area contributed by atoms with Gasteiger partial charge in [0.25, 0.3) is 0 Å². The predicted octanol–water partition coefficient (Wildman–Crippen LogP) is 3.54. The number of rotatable bonds is 4. The van der Waals surface area contributed by atoms with E-state index in [1.807, 2.05) is 0 Å². The molecule has 6 nitrogen and oxygen atoms in total. The number of phenolic OH excluding ortho intramolecular Hbond substituents is 2.